The molecule has 0 amide bonds. The van der Waals surface area contributed by atoms with E-state index in [1.54, 1.807) is 11.3 Å². The van der Waals surface area contributed by atoms with Crippen LogP contribution in [0.2, 0.25) is 0 Å². The number of H-pyrrole nitrogens is 1. The first kappa shape index (κ1) is 16.1. The van der Waals surface area contributed by atoms with E-state index in [-0.39, 0.29) is 11.6 Å². The molecule has 4 nitrogen and oxygen atoms in total. The normalized spacial score (nSPS) is 20.2. The van der Waals surface area contributed by atoms with Crippen molar-refractivity contribution in [2.75, 3.05) is 11.4 Å². The Morgan fingerprint density at radius 3 is 3.04 bits per heavy atom. The summed E-state index contributed by atoms with van der Waals surface area (Å²) in [7, 11) is 0. The van der Waals surface area contributed by atoms with E-state index in [1.165, 1.54) is 28.1 Å². The predicted octanol–water partition coefficient (Wildman–Crippen LogP) is 4.23. The Kier molecular flexibility index (Phi) is 3.67. The molecule has 134 valence electrons. The van der Waals surface area contributed by atoms with E-state index >= 15 is 0 Å². The van der Waals surface area contributed by atoms with Gasteiger partial charge in [-0.2, -0.15) is 0 Å². The van der Waals surface area contributed by atoms with Crippen molar-refractivity contribution in [1.82, 2.24) is 9.97 Å². The number of anilines is 1. The van der Waals surface area contributed by atoms with Crippen LogP contribution < -0.4 is 10.5 Å². The lowest BCUT2D eigenvalue weighted by atomic mass is 9.89. The van der Waals surface area contributed by atoms with Crippen LogP contribution in [0.25, 0.3) is 10.2 Å². The van der Waals surface area contributed by atoms with Crippen LogP contribution in [-0.4, -0.2) is 16.5 Å². The number of nitrogens with zero attached hydrogens (tertiary/aromatic N) is 2. The van der Waals surface area contributed by atoms with Crippen LogP contribution in [0, 0.1) is 5.92 Å². The molecule has 3 aromatic rings. The lowest BCUT2D eigenvalue weighted by molar-refractivity contribution is 0.509. The predicted molar refractivity (Wildman–Crippen MR) is 107 cm³/mol. The number of fused-ring (bicyclic) bond motifs is 4. The zero-order valence-corrected chi connectivity index (χ0v) is 16.0. The van der Waals surface area contributed by atoms with Gasteiger partial charge in [0.1, 0.15) is 10.7 Å². The average molecular weight is 366 g/mol. The number of nitrogens with one attached hydrogen (secondary N) is 1. The van der Waals surface area contributed by atoms with Crippen LogP contribution in [0.1, 0.15) is 48.1 Å². The lowest BCUT2D eigenvalue weighted by Gasteiger charge is -2.26. The fraction of sp³-hybridized carbons (Fsp3) is 0.429. The van der Waals surface area contributed by atoms with Gasteiger partial charge in [-0.15, -0.1) is 11.3 Å². The Morgan fingerprint density at radius 2 is 2.15 bits per heavy atom. The minimum atomic E-state index is 0.0383. The van der Waals surface area contributed by atoms with Crippen molar-refractivity contribution in [3.8, 4) is 0 Å². The van der Waals surface area contributed by atoms with Crippen LogP contribution in [0.15, 0.2) is 29.1 Å². The fourth-order valence-electron chi connectivity index (χ4n) is 4.48. The van der Waals surface area contributed by atoms with Crippen molar-refractivity contribution in [3.63, 3.8) is 0 Å². The van der Waals surface area contributed by atoms with E-state index < -0.39 is 0 Å². The summed E-state index contributed by atoms with van der Waals surface area (Å²) in [5, 5.41) is 0.842. The first-order chi connectivity index (χ1) is 12.6. The number of aryl methyl sites for hydroxylation is 1. The molecule has 1 aromatic carbocycles. The topological polar surface area (TPSA) is 49.0 Å². The molecule has 0 saturated carbocycles. The maximum Gasteiger partial charge on any atom is 0.259 e. The van der Waals surface area contributed by atoms with E-state index in [9.17, 15) is 4.79 Å². The second-order valence-electron chi connectivity index (χ2n) is 7.73. The van der Waals surface area contributed by atoms with Gasteiger partial charge in [0.25, 0.3) is 5.56 Å². The van der Waals surface area contributed by atoms with Gasteiger partial charge in [0.05, 0.1) is 11.4 Å². The van der Waals surface area contributed by atoms with Crippen molar-refractivity contribution >= 4 is 27.2 Å². The summed E-state index contributed by atoms with van der Waals surface area (Å²) in [4.78, 5) is 25.5. The standard InChI is InChI=1S/C21H23N3OS/c1-12-7-8-15-17(11-12)26-21-18(15)20(25)22-19(23-21)13(2)24-10-9-14-5-3-4-6-16(14)24/h3-6,12-13H,7-11H2,1-2H3,(H,22,23,25). The second-order valence-corrected chi connectivity index (χ2v) is 8.81. The third-order valence-electron chi connectivity index (χ3n) is 5.97. The summed E-state index contributed by atoms with van der Waals surface area (Å²) in [6.45, 7) is 5.41. The average Bonchev–Trinajstić information content (AvgIpc) is 3.21. The quantitative estimate of drug-likeness (QED) is 0.739. The molecule has 2 aromatic heterocycles. The van der Waals surface area contributed by atoms with E-state index in [4.69, 9.17) is 4.98 Å². The highest BCUT2D eigenvalue weighted by Gasteiger charge is 2.27. The molecule has 0 fully saturated rings. The minimum Gasteiger partial charge on any atom is -0.361 e. The molecule has 5 heteroatoms. The van der Waals surface area contributed by atoms with Crippen LogP contribution in [0.4, 0.5) is 5.69 Å². The van der Waals surface area contributed by atoms with Crippen molar-refractivity contribution in [2.24, 2.45) is 5.92 Å². The van der Waals surface area contributed by atoms with Gasteiger partial charge in [-0.25, -0.2) is 4.98 Å². The summed E-state index contributed by atoms with van der Waals surface area (Å²) in [6.07, 6.45) is 4.31. The van der Waals surface area contributed by atoms with E-state index in [0.29, 0.717) is 5.92 Å². The van der Waals surface area contributed by atoms with Gasteiger partial charge in [-0.1, -0.05) is 25.1 Å². The molecule has 2 aliphatic rings. The number of hydrogen-bond donors (Lipinski definition) is 1. The second kappa shape index (κ2) is 5.95. The summed E-state index contributed by atoms with van der Waals surface area (Å²) in [5.41, 5.74) is 3.93. The van der Waals surface area contributed by atoms with Crippen LogP contribution >= 0.6 is 11.3 Å². The largest absolute Gasteiger partial charge is 0.361 e. The number of rotatable bonds is 2. The number of aromatic amines is 1. The number of thiophene rings is 1. The Bertz CT molecular complexity index is 1050. The lowest BCUT2D eigenvalue weighted by Crippen LogP contribution is -2.28. The molecular weight excluding hydrogens is 342 g/mol. The summed E-state index contributed by atoms with van der Waals surface area (Å²) in [6, 6.07) is 8.60. The minimum absolute atomic E-state index is 0.0383. The van der Waals surface area contributed by atoms with Gasteiger partial charge in [-0.05, 0) is 55.7 Å². The summed E-state index contributed by atoms with van der Waals surface area (Å²) in [5.74, 6) is 1.49. The van der Waals surface area contributed by atoms with E-state index in [0.717, 1.165) is 41.8 Å². The molecule has 0 bridgehead atoms. The van der Waals surface area contributed by atoms with Gasteiger partial charge in [-0.3, -0.25) is 4.79 Å². The Labute approximate surface area is 156 Å². The van der Waals surface area contributed by atoms with E-state index in [1.807, 2.05) is 0 Å². The van der Waals surface area contributed by atoms with Gasteiger partial charge in [0, 0.05) is 17.1 Å². The SMILES string of the molecule is CC1CCc2c(sc3nc(C(C)N4CCc5ccccc54)[nH]c(=O)c23)C1. The van der Waals surface area contributed by atoms with Gasteiger partial charge in [0.2, 0.25) is 0 Å². The number of benzene rings is 1. The Morgan fingerprint density at radius 1 is 1.31 bits per heavy atom. The molecule has 1 aliphatic carbocycles. The molecule has 26 heavy (non-hydrogen) atoms. The van der Waals surface area contributed by atoms with E-state index in [2.05, 4.69) is 48.0 Å². The molecule has 0 saturated heterocycles. The highest BCUT2D eigenvalue weighted by atomic mass is 32.1. The first-order valence-electron chi connectivity index (χ1n) is 9.51. The van der Waals surface area contributed by atoms with Gasteiger partial charge >= 0.3 is 0 Å². The smallest absolute Gasteiger partial charge is 0.259 e. The van der Waals surface area contributed by atoms with Crippen molar-refractivity contribution in [3.05, 3.63) is 56.4 Å². The van der Waals surface area contributed by atoms with Crippen LogP contribution in [-0.2, 0) is 19.3 Å². The molecule has 5 rings (SSSR count). The van der Waals surface area contributed by atoms with Crippen molar-refractivity contribution < 1.29 is 0 Å². The molecular formula is C21H23N3OS. The third kappa shape index (κ3) is 2.41. The molecule has 0 spiro atoms. The fourth-order valence-corrected chi connectivity index (χ4v) is 5.87. The van der Waals surface area contributed by atoms with Crippen LogP contribution in [0.5, 0.6) is 0 Å². The number of para-hydroxylation sites is 1. The highest BCUT2D eigenvalue weighted by Crippen LogP contribution is 2.37. The van der Waals surface area contributed by atoms with Crippen LogP contribution in [0.3, 0.4) is 0 Å². The molecule has 3 heterocycles. The highest BCUT2D eigenvalue weighted by molar-refractivity contribution is 7.18. The monoisotopic (exact) mass is 365 g/mol. The number of hydrogen-bond acceptors (Lipinski definition) is 4. The first-order valence-corrected chi connectivity index (χ1v) is 10.3. The Balaban J connectivity index is 1.57. The van der Waals surface area contributed by atoms with Crippen molar-refractivity contribution in [1.29, 1.82) is 0 Å². The Hall–Kier alpha value is -2.14. The molecule has 2 unspecified atom stereocenters. The van der Waals surface area contributed by atoms with Gasteiger partial charge < -0.3 is 9.88 Å². The summed E-state index contributed by atoms with van der Waals surface area (Å²) >= 11 is 1.73. The maximum atomic E-state index is 12.9. The summed E-state index contributed by atoms with van der Waals surface area (Å²) < 4.78 is 0. The third-order valence-corrected chi connectivity index (χ3v) is 7.12. The molecule has 1 aliphatic heterocycles. The zero-order valence-electron chi connectivity index (χ0n) is 15.2. The zero-order chi connectivity index (χ0) is 17.8. The van der Waals surface area contributed by atoms with Crippen molar-refractivity contribution in [2.45, 2.75) is 45.6 Å². The maximum absolute atomic E-state index is 12.9. The van der Waals surface area contributed by atoms with Gasteiger partial charge in [0.15, 0.2) is 0 Å². The molecule has 0 radical (unpaired) electrons. The number of aromatic nitrogens is 2. The molecule has 1 N–H and O–H groups in total. The molecule has 2 atom stereocenters.